The van der Waals surface area contributed by atoms with Gasteiger partial charge in [0.25, 0.3) is 5.69 Å². The van der Waals surface area contributed by atoms with Gasteiger partial charge in [-0.2, -0.15) is 0 Å². The molecular formula is C20H23ClN2O7S. The molecule has 0 amide bonds. The number of hydrogen-bond donors (Lipinski definition) is 1. The zero-order chi connectivity index (χ0) is 23.2. The first-order valence-electron chi connectivity index (χ1n) is 9.36. The maximum Gasteiger partial charge on any atom is 0.306 e. The van der Waals surface area contributed by atoms with E-state index < -0.39 is 14.8 Å². The molecule has 0 spiro atoms. The normalized spacial score (nSPS) is 11.3. The molecule has 168 valence electrons. The van der Waals surface area contributed by atoms with E-state index in [1.807, 2.05) is 0 Å². The molecule has 0 heterocycles. The average molecular weight is 471 g/mol. The van der Waals surface area contributed by atoms with Gasteiger partial charge in [0.1, 0.15) is 17.2 Å². The molecule has 0 fully saturated rings. The van der Waals surface area contributed by atoms with Crippen LogP contribution < -0.4 is 10.1 Å². The summed E-state index contributed by atoms with van der Waals surface area (Å²) in [5.41, 5.74) is 0.0548. The molecule has 31 heavy (non-hydrogen) atoms. The van der Waals surface area contributed by atoms with Crippen LogP contribution in [0.4, 0.5) is 11.4 Å². The fraction of sp³-hybridized carbons (Fsp3) is 0.350. The molecule has 0 unspecified atom stereocenters. The second kappa shape index (κ2) is 10.5. The summed E-state index contributed by atoms with van der Waals surface area (Å²) in [7, 11) is -3.42. The van der Waals surface area contributed by atoms with Gasteiger partial charge in [-0.15, -0.1) is 0 Å². The Morgan fingerprint density at radius 2 is 1.94 bits per heavy atom. The number of sulfone groups is 1. The van der Waals surface area contributed by atoms with Crippen molar-refractivity contribution in [2.45, 2.75) is 37.7 Å². The molecule has 2 aromatic rings. The van der Waals surface area contributed by atoms with Crippen molar-refractivity contribution < 1.29 is 27.6 Å². The van der Waals surface area contributed by atoms with Crippen LogP contribution in [0.25, 0.3) is 0 Å². The summed E-state index contributed by atoms with van der Waals surface area (Å²) >= 11 is 6.12. The Labute approximate surface area is 185 Å². The fourth-order valence-corrected chi connectivity index (χ4v) is 3.51. The fourth-order valence-electron chi connectivity index (χ4n) is 2.58. The SMILES string of the molecule is CC(C)OC(=O)CCCNc1cc(Oc2ccc(S(C)(=O)=O)cc2Cl)ccc1[N+](=O)[O-]. The molecule has 0 bridgehead atoms. The molecule has 9 nitrogen and oxygen atoms in total. The number of carbonyl (C=O) groups is 1. The highest BCUT2D eigenvalue weighted by molar-refractivity contribution is 7.90. The van der Waals surface area contributed by atoms with Gasteiger partial charge in [-0.25, -0.2) is 8.42 Å². The van der Waals surface area contributed by atoms with Crippen LogP contribution in [0.1, 0.15) is 26.7 Å². The molecule has 0 aromatic heterocycles. The van der Waals surface area contributed by atoms with Gasteiger partial charge in [-0.1, -0.05) is 11.6 Å². The van der Waals surface area contributed by atoms with E-state index in [9.17, 15) is 23.3 Å². The third kappa shape index (κ3) is 7.41. The number of hydrogen-bond acceptors (Lipinski definition) is 8. The quantitative estimate of drug-likeness (QED) is 0.231. The first kappa shape index (κ1) is 24.4. The van der Waals surface area contributed by atoms with Crippen molar-refractivity contribution in [2.75, 3.05) is 18.1 Å². The van der Waals surface area contributed by atoms with Crippen LogP contribution in [-0.4, -0.2) is 38.2 Å². The molecule has 2 aromatic carbocycles. The molecule has 0 saturated carbocycles. The van der Waals surface area contributed by atoms with E-state index in [0.29, 0.717) is 13.0 Å². The molecule has 0 radical (unpaired) electrons. The number of esters is 1. The van der Waals surface area contributed by atoms with Gasteiger partial charge >= 0.3 is 5.97 Å². The van der Waals surface area contributed by atoms with E-state index in [4.69, 9.17) is 21.1 Å². The van der Waals surface area contributed by atoms with Crippen LogP contribution in [0.2, 0.25) is 5.02 Å². The topological polar surface area (TPSA) is 125 Å². The minimum Gasteiger partial charge on any atom is -0.463 e. The number of benzene rings is 2. The highest BCUT2D eigenvalue weighted by Gasteiger charge is 2.17. The van der Waals surface area contributed by atoms with Crippen LogP contribution in [0.5, 0.6) is 11.5 Å². The molecular weight excluding hydrogens is 448 g/mol. The van der Waals surface area contributed by atoms with Gasteiger partial charge in [-0.3, -0.25) is 14.9 Å². The van der Waals surface area contributed by atoms with Crippen molar-refractivity contribution in [3.8, 4) is 11.5 Å². The Hall–Kier alpha value is -2.85. The van der Waals surface area contributed by atoms with E-state index in [-0.39, 0.29) is 51.3 Å². The molecule has 1 N–H and O–H groups in total. The zero-order valence-electron chi connectivity index (χ0n) is 17.3. The molecule has 0 aliphatic carbocycles. The Morgan fingerprint density at radius 3 is 2.52 bits per heavy atom. The van der Waals surface area contributed by atoms with E-state index >= 15 is 0 Å². The van der Waals surface area contributed by atoms with Gasteiger partial charge in [0.15, 0.2) is 9.84 Å². The molecule has 0 aliphatic heterocycles. The summed E-state index contributed by atoms with van der Waals surface area (Å²) in [5, 5.41) is 14.3. The summed E-state index contributed by atoms with van der Waals surface area (Å²) in [6.07, 6.45) is 1.47. The lowest BCUT2D eigenvalue weighted by atomic mass is 10.2. The van der Waals surface area contributed by atoms with Crippen LogP contribution in [0.3, 0.4) is 0 Å². The summed E-state index contributed by atoms with van der Waals surface area (Å²) in [5.74, 6) is 0.127. The predicted octanol–water partition coefficient (Wildman–Crippen LogP) is 4.59. The molecule has 0 saturated heterocycles. The lowest BCUT2D eigenvalue weighted by Crippen LogP contribution is -2.13. The summed E-state index contributed by atoms with van der Waals surface area (Å²) in [6.45, 7) is 3.82. The van der Waals surface area contributed by atoms with Gasteiger partial charge < -0.3 is 14.8 Å². The number of nitrogens with zero attached hydrogens (tertiary/aromatic N) is 1. The van der Waals surface area contributed by atoms with Crippen molar-refractivity contribution >= 4 is 38.8 Å². The maximum absolute atomic E-state index is 11.6. The summed E-state index contributed by atoms with van der Waals surface area (Å²) in [6, 6.07) is 8.16. The Kier molecular flexibility index (Phi) is 8.23. The van der Waals surface area contributed by atoms with Gasteiger partial charge in [-0.05, 0) is 44.5 Å². The Morgan fingerprint density at radius 1 is 1.23 bits per heavy atom. The summed E-state index contributed by atoms with van der Waals surface area (Å²) in [4.78, 5) is 22.4. The van der Waals surface area contributed by atoms with Crippen molar-refractivity contribution in [1.82, 2.24) is 0 Å². The second-order valence-corrected chi connectivity index (χ2v) is 9.39. The van der Waals surface area contributed by atoms with Crippen LogP contribution in [0, 0.1) is 10.1 Å². The van der Waals surface area contributed by atoms with Crippen molar-refractivity contribution in [2.24, 2.45) is 0 Å². The number of carbonyl (C=O) groups excluding carboxylic acids is 1. The van der Waals surface area contributed by atoms with Crippen LogP contribution in [-0.2, 0) is 19.4 Å². The first-order valence-corrected chi connectivity index (χ1v) is 11.6. The summed E-state index contributed by atoms with van der Waals surface area (Å²) < 4.78 is 34.0. The average Bonchev–Trinajstić information content (AvgIpc) is 2.65. The largest absolute Gasteiger partial charge is 0.463 e. The number of ether oxygens (including phenoxy) is 2. The third-order valence-corrected chi connectivity index (χ3v) is 5.37. The minimum absolute atomic E-state index is 0.0481. The van der Waals surface area contributed by atoms with Crippen LogP contribution in [0.15, 0.2) is 41.3 Å². The second-order valence-electron chi connectivity index (χ2n) is 6.97. The number of nitrogens with one attached hydrogen (secondary N) is 1. The highest BCUT2D eigenvalue weighted by Crippen LogP contribution is 2.35. The van der Waals surface area contributed by atoms with Crippen molar-refractivity contribution in [1.29, 1.82) is 0 Å². The maximum atomic E-state index is 11.6. The zero-order valence-corrected chi connectivity index (χ0v) is 18.8. The number of halogens is 1. The van der Waals surface area contributed by atoms with E-state index in [0.717, 1.165) is 6.26 Å². The Bertz CT molecular complexity index is 1070. The lowest BCUT2D eigenvalue weighted by Gasteiger charge is -2.12. The number of nitro benzene ring substituents is 1. The number of rotatable bonds is 10. The standard InChI is InChI=1S/C20H23ClN2O7S/c1-13(2)29-20(24)5-4-10-22-17-11-14(6-8-18(17)23(25)26)30-19-9-7-15(12-16(19)21)31(3,27)28/h6-9,11-13,22H,4-5,10H2,1-3H3. The van der Waals surface area contributed by atoms with Gasteiger partial charge in [0.05, 0.1) is 20.9 Å². The minimum atomic E-state index is -3.42. The van der Waals surface area contributed by atoms with Crippen molar-refractivity contribution in [3.63, 3.8) is 0 Å². The van der Waals surface area contributed by atoms with Crippen molar-refractivity contribution in [3.05, 3.63) is 51.5 Å². The predicted molar refractivity (Wildman–Crippen MR) is 117 cm³/mol. The molecule has 11 heteroatoms. The number of anilines is 1. The number of nitro groups is 1. The van der Waals surface area contributed by atoms with E-state index in [1.54, 1.807) is 13.8 Å². The Balaban J connectivity index is 2.12. The monoisotopic (exact) mass is 470 g/mol. The lowest BCUT2D eigenvalue weighted by molar-refractivity contribution is -0.384. The molecule has 0 aliphatic rings. The third-order valence-electron chi connectivity index (χ3n) is 3.96. The highest BCUT2D eigenvalue weighted by atomic mass is 35.5. The van der Waals surface area contributed by atoms with Gasteiger partial charge in [0.2, 0.25) is 0 Å². The van der Waals surface area contributed by atoms with E-state index in [1.165, 1.54) is 36.4 Å². The van der Waals surface area contributed by atoms with E-state index in [2.05, 4.69) is 5.32 Å². The first-order chi connectivity index (χ1) is 14.5. The van der Waals surface area contributed by atoms with Crippen LogP contribution >= 0.6 is 11.6 Å². The molecule has 0 atom stereocenters. The van der Waals surface area contributed by atoms with Gasteiger partial charge in [0, 0.05) is 31.4 Å². The smallest absolute Gasteiger partial charge is 0.306 e. The molecule has 2 rings (SSSR count).